The second-order valence-corrected chi connectivity index (χ2v) is 10.8. The zero-order chi connectivity index (χ0) is 20.4. The highest BCUT2D eigenvalue weighted by Crippen LogP contribution is 2.21. The Morgan fingerprint density at radius 3 is 2.57 bits per heavy atom. The lowest BCUT2D eigenvalue weighted by Crippen LogP contribution is -2.49. The third kappa shape index (κ3) is 4.81. The minimum atomic E-state index is -3.63. The van der Waals surface area contributed by atoms with Crippen LogP contribution < -0.4 is 5.32 Å². The number of nitrogens with one attached hydrogen (secondary N) is 1. The number of hydrogen-bond acceptors (Lipinski definition) is 6. The fourth-order valence-electron chi connectivity index (χ4n) is 3.18. The van der Waals surface area contributed by atoms with Crippen molar-refractivity contribution in [2.45, 2.75) is 29.5 Å². The van der Waals surface area contributed by atoms with E-state index in [-0.39, 0.29) is 34.6 Å². The molecule has 1 unspecified atom stereocenters. The third-order valence-corrected chi connectivity index (χ3v) is 7.54. The van der Waals surface area contributed by atoms with E-state index in [9.17, 15) is 21.6 Å². The monoisotopic (exact) mass is 426 g/mol. The number of benzene rings is 1. The van der Waals surface area contributed by atoms with E-state index < -0.39 is 25.8 Å². The van der Waals surface area contributed by atoms with E-state index in [0.717, 1.165) is 6.26 Å². The normalized spacial score (nSPS) is 18.7. The van der Waals surface area contributed by atoms with E-state index in [2.05, 4.69) is 5.32 Å². The maximum Gasteiger partial charge on any atom is 0.287 e. The van der Waals surface area contributed by atoms with Crippen LogP contribution in [0.5, 0.6) is 0 Å². The van der Waals surface area contributed by atoms with Crippen LogP contribution in [-0.2, 0) is 25.6 Å². The summed E-state index contributed by atoms with van der Waals surface area (Å²) in [6.45, 7) is 0.607. The van der Waals surface area contributed by atoms with Crippen LogP contribution in [-0.4, -0.2) is 52.4 Å². The Balaban J connectivity index is 1.72. The van der Waals surface area contributed by atoms with Gasteiger partial charge in [0.05, 0.1) is 23.2 Å². The van der Waals surface area contributed by atoms with Crippen LogP contribution in [0.25, 0.3) is 0 Å². The first-order valence-corrected chi connectivity index (χ1v) is 12.3. The van der Waals surface area contributed by atoms with Crippen LogP contribution >= 0.6 is 0 Å². The van der Waals surface area contributed by atoms with Crippen molar-refractivity contribution in [2.75, 3.05) is 19.3 Å². The molecule has 10 heteroatoms. The van der Waals surface area contributed by atoms with Gasteiger partial charge in [-0.25, -0.2) is 21.1 Å². The summed E-state index contributed by atoms with van der Waals surface area (Å²) < 4.78 is 55.1. The zero-order valence-corrected chi connectivity index (χ0v) is 17.0. The lowest BCUT2D eigenvalue weighted by molar-refractivity contribution is 0.0892. The minimum Gasteiger partial charge on any atom is -0.459 e. The van der Waals surface area contributed by atoms with E-state index in [1.807, 2.05) is 0 Å². The van der Waals surface area contributed by atoms with Gasteiger partial charge in [-0.3, -0.25) is 4.79 Å². The molecule has 1 aromatic heterocycles. The number of furan rings is 1. The van der Waals surface area contributed by atoms with Gasteiger partial charge >= 0.3 is 0 Å². The van der Waals surface area contributed by atoms with Crippen molar-refractivity contribution in [3.05, 3.63) is 54.0 Å². The van der Waals surface area contributed by atoms with E-state index in [1.165, 1.54) is 28.8 Å². The summed E-state index contributed by atoms with van der Waals surface area (Å²) in [5.41, 5.74) is 0.261. The molecule has 1 saturated heterocycles. The number of piperidine rings is 1. The van der Waals surface area contributed by atoms with Crippen LogP contribution in [0.1, 0.15) is 29.0 Å². The fourth-order valence-corrected chi connectivity index (χ4v) is 5.46. The quantitative estimate of drug-likeness (QED) is 0.747. The summed E-state index contributed by atoms with van der Waals surface area (Å²) in [6.07, 6.45) is 3.67. The zero-order valence-electron chi connectivity index (χ0n) is 15.4. The molecule has 0 saturated carbocycles. The minimum absolute atomic E-state index is 0.0732. The van der Waals surface area contributed by atoms with Gasteiger partial charge in [0.15, 0.2) is 15.6 Å². The van der Waals surface area contributed by atoms with Gasteiger partial charge in [-0.15, -0.1) is 0 Å². The summed E-state index contributed by atoms with van der Waals surface area (Å²) in [7, 11) is -6.96. The van der Waals surface area contributed by atoms with Crippen LogP contribution in [0, 0.1) is 0 Å². The van der Waals surface area contributed by atoms with E-state index in [4.69, 9.17) is 4.42 Å². The molecule has 1 aromatic carbocycles. The Labute approximate surface area is 164 Å². The molecule has 28 heavy (non-hydrogen) atoms. The number of amides is 1. The molecular weight excluding hydrogens is 404 g/mol. The number of nitrogens with zero attached hydrogens (tertiary/aromatic N) is 1. The lowest BCUT2D eigenvalue weighted by Gasteiger charge is -2.31. The van der Waals surface area contributed by atoms with Gasteiger partial charge in [-0.05, 0) is 31.0 Å². The largest absolute Gasteiger partial charge is 0.459 e. The highest BCUT2D eigenvalue weighted by Gasteiger charge is 2.29. The predicted molar refractivity (Wildman–Crippen MR) is 103 cm³/mol. The van der Waals surface area contributed by atoms with Crippen molar-refractivity contribution in [3.63, 3.8) is 0 Å². The average molecular weight is 427 g/mol. The number of sulfonamides is 1. The Kier molecular flexibility index (Phi) is 5.92. The maximum atomic E-state index is 12.6. The SMILES string of the molecule is CS(=O)(=O)N1CCCC(NC(=O)c2occc2CS(=O)(=O)c2ccccc2)C1. The number of rotatable bonds is 6. The van der Waals surface area contributed by atoms with Gasteiger partial charge in [-0.1, -0.05) is 18.2 Å². The third-order valence-electron chi connectivity index (χ3n) is 4.59. The van der Waals surface area contributed by atoms with Crippen LogP contribution in [0.15, 0.2) is 52.0 Å². The Bertz CT molecular complexity index is 1040. The molecule has 8 nitrogen and oxygen atoms in total. The van der Waals surface area contributed by atoms with Gasteiger partial charge in [0.1, 0.15) is 0 Å². The van der Waals surface area contributed by atoms with Crippen molar-refractivity contribution in [1.29, 1.82) is 0 Å². The van der Waals surface area contributed by atoms with Gasteiger partial charge < -0.3 is 9.73 Å². The van der Waals surface area contributed by atoms with Crippen LogP contribution in [0.4, 0.5) is 0 Å². The van der Waals surface area contributed by atoms with Gasteiger partial charge in [0.2, 0.25) is 10.0 Å². The molecule has 2 heterocycles. The predicted octanol–water partition coefficient (Wildman–Crippen LogP) is 1.41. The molecule has 1 fully saturated rings. The first kappa shape index (κ1) is 20.6. The molecule has 3 rings (SSSR count). The van der Waals surface area contributed by atoms with E-state index in [0.29, 0.717) is 19.4 Å². The van der Waals surface area contributed by atoms with Gasteiger partial charge in [0, 0.05) is 24.7 Å². The molecule has 0 spiro atoms. The van der Waals surface area contributed by atoms with E-state index in [1.54, 1.807) is 18.2 Å². The highest BCUT2D eigenvalue weighted by molar-refractivity contribution is 7.90. The van der Waals surface area contributed by atoms with Crippen molar-refractivity contribution in [3.8, 4) is 0 Å². The first-order valence-electron chi connectivity index (χ1n) is 8.77. The molecular formula is C18H22N2O6S2. The molecule has 0 bridgehead atoms. The number of carbonyl (C=O) groups is 1. The topological polar surface area (TPSA) is 114 Å². The molecule has 0 aliphatic carbocycles. The fraction of sp³-hybridized carbons (Fsp3) is 0.389. The second-order valence-electron chi connectivity index (χ2n) is 6.78. The standard InChI is InChI=1S/C18H22N2O6S2/c1-27(22,23)20-10-5-6-15(12-20)19-18(21)17-14(9-11-26-17)13-28(24,25)16-7-3-2-4-8-16/h2-4,7-9,11,15H,5-6,10,12-13H2,1H3,(H,19,21). The number of carbonyl (C=O) groups excluding carboxylic acids is 1. The average Bonchev–Trinajstić information content (AvgIpc) is 3.09. The van der Waals surface area contributed by atoms with Crippen molar-refractivity contribution in [2.24, 2.45) is 0 Å². The molecule has 1 amide bonds. The smallest absolute Gasteiger partial charge is 0.287 e. The molecule has 0 radical (unpaired) electrons. The lowest BCUT2D eigenvalue weighted by atomic mass is 10.1. The molecule has 1 aliphatic heterocycles. The van der Waals surface area contributed by atoms with Crippen molar-refractivity contribution in [1.82, 2.24) is 9.62 Å². The molecule has 152 valence electrons. The summed E-state index contributed by atoms with van der Waals surface area (Å²) in [4.78, 5) is 12.8. The summed E-state index contributed by atoms with van der Waals surface area (Å²) in [5, 5.41) is 2.76. The van der Waals surface area contributed by atoms with Crippen molar-refractivity contribution >= 4 is 25.8 Å². The van der Waals surface area contributed by atoms with Crippen LogP contribution in [0.2, 0.25) is 0 Å². The number of sulfone groups is 1. The molecule has 1 atom stereocenters. The molecule has 1 aliphatic rings. The van der Waals surface area contributed by atoms with E-state index >= 15 is 0 Å². The first-order chi connectivity index (χ1) is 13.2. The summed E-state index contributed by atoms with van der Waals surface area (Å²) >= 11 is 0. The maximum absolute atomic E-state index is 12.6. The Morgan fingerprint density at radius 1 is 1.18 bits per heavy atom. The van der Waals surface area contributed by atoms with Crippen molar-refractivity contribution < 1.29 is 26.0 Å². The number of hydrogen-bond donors (Lipinski definition) is 1. The molecule has 1 N–H and O–H groups in total. The Hall–Kier alpha value is -2.17. The molecule has 2 aromatic rings. The summed E-state index contributed by atoms with van der Waals surface area (Å²) in [5.74, 6) is -0.990. The van der Waals surface area contributed by atoms with Gasteiger partial charge in [0.25, 0.3) is 5.91 Å². The van der Waals surface area contributed by atoms with Crippen LogP contribution in [0.3, 0.4) is 0 Å². The van der Waals surface area contributed by atoms with Gasteiger partial charge in [-0.2, -0.15) is 0 Å². The Morgan fingerprint density at radius 2 is 1.89 bits per heavy atom. The second kappa shape index (κ2) is 8.06. The highest BCUT2D eigenvalue weighted by atomic mass is 32.2. The summed E-state index contributed by atoms with van der Waals surface area (Å²) in [6, 6.07) is 9.07.